The Kier molecular flexibility index (Phi) is 12.0. The van der Waals surface area contributed by atoms with E-state index in [1.165, 1.54) is 37.9 Å². The van der Waals surface area contributed by atoms with E-state index in [0.29, 0.717) is 13.0 Å². The van der Waals surface area contributed by atoms with Crippen molar-refractivity contribution in [3.63, 3.8) is 0 Å². The third-order valence-electron chi connectivity index (χ3n) is 7.41. The summed E-state index contributed by atoms with van der Waals surface area (Å²) in [5.41, 5.74) is 5.16. The molecule has 2 N–H and O–H groups in total. The van der Waals surface area contributed by atoms with E-state index in [0.717, 1.165) is 44.9 Å². The van der Waals surface area contributed by atoms with Crippen molar-refractivity contribution in [3.05, 3.63) is 82.9 Å². The van der Waals surface area contributed by atoms with Crippen molar-refractivity contribution < 1.29 is 24.5 Å². The number of aliphatic hydroxyl groups is 1. The molecule has 0 aromatic heterocycles. The van der Waals surface area contributed by atoms with Crippen LogP contribution in [0.1, 0.15) is 60.8 Å². The maximum atomic E-state index is 12.9. The predicted molar refractivity (Wildman–Crippen MR) is 156 cm³/mol. The van der Waals surface area contributed by atoms with E-state index < -0.39 is 24.1 Å². The number of likely N-dealkylation sites (N-methyl/N-ethyl adjacent to an activating group) is 1. The molecule has 39 heavy (non-hydrogen) atoms. The van der Waals surface area contributed by atoms with Crippen LogP contribution in [0, 0.1) is 13.8 Å². The molecule has 3 aromatic rings. The van der Waals surface area contributed by atoms with Crippen LogP contribution < -0.4 is 0 Å². The summed E-state index contributed by atoms with van der Waals surface area (Å²) in [5.74, 6) is -1.94. The standard InChI is InChI=1S/C33H43NO5/c1-24-16-17-26(22-25(24)2)12-7-5-11-21-39-31(30(35)33(37)38)32(36)34(3)20-10-4-6-13-27-18-19-28-14-8-9-15-29(28)23-27/h8-9,14-19,22-23,30-31,35H,4-7,10-13,20-21H2,1-3H3,(H,37,38)/t30-,31-/m1/s1. The molecule has 0 saturated carbocycles. The minimum Gasteiger partial charge on any atom is -0.479 e. The Balaban J connectivity index is 1.37. The van der Waals surface area contributed by atoms with Gasteiger partial charge in [0.25, 0.3) is 5.91 Å². The zero-order valence-electron chi connectivity index (χ0n) is 23.6. The Bertz CT molecular complexity index is 1220. The second-order valence-electron chi connectivity index (χ2n) is 10.6. The zero-order chi connectivity index (χ0) is 28.2. The molecule has 0 aliphatic heterocycles. The molecule has 0 heterocycles. The SMILES string of the molecule is Cc1ccc(CCCCCO[C@@H](C(=O)N(C)CCCCCc2ccc3ccccc3c2)[C@@H](O)C(=O)O)cc1C. The number of aryl methyl sites for hydroxylation is 4. The van der Waals surface area contributed by atoms with Gasteiger partial charge in [-0.2, -0.15) is 0 Å². The first-order valence-electron chi connectivity index (χ1n) is 14.1. The number of carbonyl (C=O) groups excluding carboxylic acids is 1. The van der Waals surface area contributed by atoms with Crippen molar-refractivity contribution in [1.82, 2.24) is 4.90 Å². The number of unbranched alkanes of at least 4 members (excludes halogenated alkanes) is 4. The molecule has 2 atom stereocenters. The first-order chi connectivity index (χ1) is 18.8. The average Bonchev–Trinajstić information content (AvgIpc) is 2.93. The summed E-state index contributed by atoms with van der Waals surface area (Å²) in [5, 5.41) is 21.9. The summed E-state index contributed by atoms with van der Waals surface area (Å²) in [7, 11) is 1.64. The normalized spacial score (nSPS) is 12.8. The Morgan fingerprint density at radius 3 is 2.13 bits per heavy atom. The van der Waals surface area contributed by atoms with Gasteiger partial charge in [0.15, 0.2) is 12.2 Å². The molecule has 3 rings (SSSR count). The number of hydrogen-bond donors (Lipinski definition) is 2. The Morgan fingerprint density at radius 1 is 0.795 bits per heavy atom. The number of amides is 1. The minimum absolute atomic E-state index is 0.229. The number of hydrogen-bond acceptors (Lipinski definition) is 4. The van der Waals surface area contributed by atoms with Gasteiger partial charge >= 0.3 is 5.97 Å². The molecule has 0 spiro atoms. The number of aliphatic carboxylic acids is 1. The van der Waals surface area contributed by atoms with E-state index >= 15 is 0 Å². The lowest BCUT2D eigenvalue weighted by atomic mass is 10.0. The van der Waals surface area contributed by atoms with Crippen molar-refractivity contribution in [1.29, 1.82) is 0 Å². The maximum Gasteiger partial charge on any atom is 0.335 e. The molecule has 0 unspecified atom stereocenters. The average molecular weight is 534 g/mol. The predicted octanol–water partition coefficient (Wildman–Crippen LogP) is 5.87. The molecule has 0 bridgehead atoms. The third-order valence-corrected chi connectivity index (χ3v) is 7.41. The van der Waals surface area contributed by atoms with Gasteiger partial charge in [0, 0.05) is 20.2 Å². The van der Waals surface area contributed by atoms with Crippen LogP contribution >= 0.6 is 0 Å². The van der Waals surface area contributed by atoms with Gasteiger partial charge in [-0.05, 0) is 85.4 Å². The third kappa shape index (κ3) is 9.48. The van der Waals surface area contributed by atoms with Crippen LogP contribution in [-0.4, -0.2) is 59.4 Å². The van der Waals surface area contributed by atoms with Gasteiger partial charge in [-0.1, -0.05) is 73.5 Å². The number of carboxylic acid groups (broad SMARTS) is 1. The van der Waals surface area contributed by atoms with Gasteiger partial charge in [-0.25, -0.2) is 4.79 Å². The molecule has 1 amide bonds. The number of carboxylic acids is 1. The van der Waals surface area contributed by atoms with Crippen molar-refractivity contribution in [2.24, 2.45) is 0 Å². The lowest BCUT2D eigenvalue weighted by molar-refractivity contribution is -0.166. The van der Waals surface area contributed by atoms with Crippen LogP contribution in [0.3, 0.4) is 0 Å². The topological polar surface area (TPSA) is 87.1 Å². The van der Waals surface area contributed by atoms with E-state index in [2.05, 4.69) is 62.4 Å². The second-order valence-corrected chi connectivity index (χ2v) is 10.6. The Labute approximate surface area is 232 Å². The van der Waals surface area contributed by atoms with E-state index in [4.69, 9.17) is 4.74 Å². The Morgan fingerprint density at radius 2 is 1.44 bits per heavy atom. The quantitative estimate of drug-likeness (QED) is 0.225. The summed E-state index contributed by atoms with van der Waals surface area (Å²) in [6.07, 6.45) is 3.95. The molecule has 6 heteroatoms. The van der Waals surface area contributed by atoms with E-state index in [1.54, 1.807) is 7.05 Å². The highest BCUT2D eigenvalue weighted by atomic mass is 16.5. The van der Waals surface area contributed by atoms with Gasteiger partial charge < -0.3 is 19.8 Å². The van der Waals surface area contributed by atoms with Crippen LogP contribution in [0.4, 0.5) is 0 Å². The first-order valence-corrected chi connectivity index (χ1v) is 14.1. The summed E-state index contributed by atoms with van der Waals surface area (Å²) in [6.45, 7) is 4.93. The summed E-state index contributed by atoms with van der Waals surface area (Å²) < 4.78 is 5.63. The first kappa shape index (κ1) is 30.3. The van der Waals surface area contributed by atoms with E-state index in [1.807, 2.05) is 12.1 Å². The Hall–Kier alpha value is -3.22. The molecule has 0 fully saturated rings. The fourth-order valence-corrected chi connectivity index (χ4v) is 4.78. The van der Waals surface area contributed by atoms with Crippen LogP contribution in [0.2, 0.25) is 0 Å². The molecular weight excluding hydrogens is 490 g/mol. The number of nitrogens with zero attached hydrogens (tertiary/aromatic N) is 1. The molecule has 0 aliphatic rings. The van der Waals surface area contributed by atoms with Crippen LogP contribution in [-0.2, 0) is 27.2 Å². The summed E-state index contributed by atoms with van der Waals surface area (Å²) in [4.78, 5) is 25.8. The van der Waals surface area contributed by atoms with Crippen molar-refractivity contribution in [3.8, 4) is 0 Å². The summed E-state index contributed by atoms with van der Waals surface area (Å²) >= 11 is 0. The molecule has 6 nitrogen and oxygen atoms in total. The van der Waals surface area contributed by atoms with Gasteiger partial charge in [0.1, 0.15) is 0 Å². The minimum atomic E-state index is -1.89. The van der Waals surface area contributed by atoms with E-state index in [-0.39, 0.29) is 6.61 Å². The van der Waals surface area contributed by atoms with Gasteiger partial charge in [-0.15, -0.1) is 0 Å². The molecule has 0 radical (unpaired) electrons. The lowest BCUT2D eigenvalue weighted by Crippen LogP contribution is -2.48. The maximum absolute atomic E-state index is 12.9. The zero-order valence-corrected chi connectivity index (χ0v) is 23.6. The fraction of sp³-hybridized carbons (Fsp3) is 0.455. The van der Waals surface area contributed by atoms with Gasteiger partial charge in [-0.3, -0.25) is 4.79 Å². The van der Waals surface area contributed by atoms with Crippen molar-refractivity contribution in [2.75, 3.05) is 20.2 Å². The van der Waals surface area contributed by atoms with Crippen LogP contribution in [0.5, 0.6) is 0 Å². The molecule has 210 valence electrons. The fourth-order valence-electron chi connectivity index (χ4n) is 4.78. The largest absolute Gasteiger partial charge is 0.479 e. The van der Waals surface area contributed by atoms with Gasteiger partial charge in [0.05, 0.1) is 0 Å². The van der Waals surface area contributed by atoms with Crippen LogP contribution in [0.15, 0.2) is 60.7 Å². The number of ether oxygens (including phenoxy) is 1. The smallest absolute Gasteiger partial charge is 0.335 e. The number of benzene rings is 3. The van der Waals surface area contributed by atoms with Crippen molar-refractivity contribution in [2.45, 2.75) is 77.4 Å². The molecular formula is C33H43NO5. The molecule has 0 aliphatic carbocycles. The van der Waals surface area contributed by atoms with Crippen LogP contribution in [0.25, 0.3) is 10.8 Å². The highest BCUT2D eigenvalue weighted by Crippen LogP contribution is 2.18. The number of carbonyl (C=O) groups is 2. The second kappa shape index (κ2) is 15.4. The highest BCUT2D eigenvalue weighted by molar-refractivity contribution is 5.87. The highest BCUT2D eigenvalue weighted by Gasteiger charge is 2.34. The van der Waals surface area contributed by atoms with Crippen molar-refractivity contribution >= 4 is 22.6 Å². The van der Waals surface area contributed by atoms with E-state index in [9.17, 15) is 19.8 Å². The number of rotatable bonds is 16. The number of aliphatic hydroxyl groups excluding tert-OH is 1. The monoisotopic (exact) mass is 533 g/mol. The molecule has 3 aromatic carbocycles. The lowest BCUT2D eigenvalue weighted by Gasteiger charge is -2.25. The summed E-state index contributed by atoms with van der Waals surface area (Å²) in [6, 6.07) is 21.4. The number of fused-ring (bicyclic) bond motifs is 1. The van der Waals surface area contributed by atoms with Gasteiger partial charge in [0.2, 0.25) is 0 Å². The molecule has 0 saturated heterocycles.